The van der Waals surface area contributed by atoms with Crippen molar-refractivity contribution in [3.63, 3.8) is 0 Å². The average molecular weight is 360 g/mol. The van der Waals surface area contributed by atoms with Gasteiger partial charge in [0, 0.05) is 31.3 Å². The number of rotatable bonds is 4. The van der Waals surface area contributed by atoms with Crippen molar-refractivity contribution in [1.82, 2.24) is 9.80 Å². The van der Waals surface area contributed by atoms with Gasteiger partial charge in [-0.3, -0.25) is 9.69 Å². The van der Waals surface area contributed by atoms with E-state index in [9.17, 15) is 9.90 Å². The number of aryl methyl sites for hydroxylation is 2. The first kappa shape index (κ1) is 19.2. The fourth-order valence-electron chi connectivity index (χ4n) is 4.52. The Hall–Kier alpha value is -1.59. The Morgan fingerprint density at radius 2 is 1.81 bits per heavy atom. The molecule has 2 aliphatic rings. The second kappa shape index (κ2) is 8.40. The standard InChI is InChI=1S/C21H32N2O3/c1-15-11-18(12-16(2)20(15)26-3)21(25)23-8-4-5-19(13-23)22-9-6-17(14-24)7-10-22/h11-12,17,19,24H,4-10,13-14H2,1-3H3. The number of carbonyl (C=O) groups is 1. The number of nitrogens with zero attached hydrogens (tertiary/aromatic N) is 2. The molecule has 5 nitrogen and oxygen atoms in total. The molecule has 0 bridgehead atoms. The molecule has 1 N–H and O–H groups in total. The van der Waals surface area contributed by atoms with E-state index < -0.39 is 0 Å². The molecule has 0 aromatic heterocycles. The van der Waals surface area contributed by atoms with Gasteiger partial charge in [0.15, 0.2) is 0 Å². The lowest BCUT2D eigenvalue weighted by Gasteiger charge is -2.42. The number of aliphatic hydroxyl groups is 1. The van der Waals surface area contributed by atoms with Crippen molar-refractivity contribution in [3.05, 3.63) is 28.8 Å². The molecule has 144 valence electrons. The van der Waals surface area contributed by atoms with Crippen LogP contribution in [0.2, 0.25) is 0 Å². The quantitative estimate of drug-likeness (QED) is 0.897. The van der Waals surface area contributed by atoms with Crippen LogP contribution in [0.1, 0.15) is 47.2 Å². The second-order valence-electron chi connectivity index (χ2n) is 7.85. The van der Waals surface area contributed by atoms with E-state index in [2.05, 4.69) is 4.90 Å². The molecular weight excluding hydrogens is 328 g/mol. The monoisotopic (exact) mass is 360 g/mol. The van der Waals surface area contributed by atoms with Gasteiger partial charge in [0.25, 0.3) is 5.91 Å². The summed E-state index contributed by atoms with van der Waals surface area (Å²) < 4.78 is 5.42. The van der Waals surface area contributed by atoms with Gasteiger partial charge in [-0.15, -0.1) is 0 Å². The Bertz CT molecular complexity index is 615. The van der Waals surface area contributed by atoms with Gasteiger partial charge in [0.05, 0.1) is 7.11 Å². The first-order valence-corrected chi connectivity index (χ1v) is 9.83. The summed E-state index contributed by atoms with van der Waals surface area (Å²) in [5.41, 5.74) is 2.78. The van der Waals surface area contributed by atoms with Gasteiger partial charge in [-0.1, -0.05) is 0 Å². The summed E-state index contributed by atoms with van der Waals surface area (Å²) >= 11 is 0. The molecule has 1 atom stereocenters. The largest absolute Gasteiger partial charge is 0.496 e. The summed E-state index contributed by atoms with van der Waals surface area (Å²) in [5, 5.41) is 9.33. The first-order valence-electron chi connectivity index (χ1n) is 9.83. The van der Waals surface area contributed by atoms with Gasteiger partial charge >= 0.3 is 0 Å². The minimum Gasteiger partial charge on any atom is -0.496 e. The van der Waals surface area contributed by atoms with Crippen molar-refractivity contribution in [2.75, 3.05) is 39.9 Å². The van der Waals surface area contributed by atoms with E-state index in [1.165, 1.54) is 0 Å². The summed E-state index contributed by atoms with van der Waals surface area (Å²) in [4.78, 5) is 17.6. The SMILES string of the molecule is COc1c(C)cc(C(=O)N2CCCC(N3CCC(CO)CC3)C2)cc1C. The van der Waals surface area contributed by atoms with Gasteiger partial charge < -0.3 is 14.7 Å². The molecule has 1 aromatic rings. The third kappa shape index (κ3) is 4.04. The van der Waals surface area contributed by atoms with E-state index in [1.54, 1.807) is 7.11 Å². The highest BCUT2D eigenvalue weighted by Crippen LogP contribution is 2.27. The first-order chi connectivity index (χ1) is 12.5. The Morgan fingerprint density at radius 3 is 2.38 bits per heavy atom. The zero-order chi connectivity index (χ0) is 18.7. The van der Waals surface area contributed by atoms with Gasteiger partial charge in [-0.05, 0) is 81.8 Å². The van der Waals surface area contributed by atoms with Crippen LogP contribution in [0, 0.1) is 19.8 Å². The minimum absolute atomic E-state index is 0.133. The third-order valence-electron chi connectivity index (χ3n) is 6.02. The molecule has 3 rings (SSSR count). The highest BCUT2D eigenvalue weighted by atomic mass is 16.5. The van der Waals surface area contributed by atoms with Crippen molar-refractivity contribution >= 4 is 5.91 Å². The topological polar surface area (TPSA) is 53.0 Å². The van der Waals surface area contributed by atoms with Crippen LogP contribution in [0.25, 0.3) is 0 Å². The molecule has 0 radical (unpaired) electrons. The number of likely N-dealkylation sites (tertiary alicyclic amines) is 2. The maximum Gasteiger partial charge on any atom is 0.253 e. The number of carbonyl (C=O) groups excluding carboxylic acids is 1. The van der Waals surface area contributed by atoms with Gasteiger partial charge in [0.2, 0.25) is 0 Å². The van der Waals surface area contributed by atoms with Crippen LogP contribution in [-0.4, -0.2) is 66.8 Å². The van der Waals surface area contributed by atoms with E-state index >= 15 is 0 Å². The van der Waals surface area contributed by atoms with Gasteiger partial charge in [-0.25, -0.2) is 0 Å². The van der Waals surface area contributed by atoms with Crippen molar-refractivity contribution in [3.8, 4) is 5.75 Å². The molecule has 1 unspecified atom stereocenters. The molecule has 0 spiro atoms. The summed E-state index contributed by atoms with van der Waals surface area (Å²) in [6, 6.07) is 4.35. The number of benzene rings is 1. The van der Waals surface area contributed by atoms with Crippen LogP contribution in [0.4, 0.5) is 0 Å². The second-order valence-corrected chi connectivity index (χ2v) is 7.85. The van der Waals surface area contributed by atoms with Gasteiger partial charge in [-0.2, -0.15) is 0 Å². The predicted octanol–water partition coefficient (Wildman–Crippen LogP) is 2.62. The van der Waals surface area contributed by atoms with Crippen molar-refractivity contribution < 1.29 is 14.6 Å². The smallest absolute Gasteiger partial charge is 0.253 e. The highest BCUT2D eigenvalue weighted by molar-refractivity contribution is 5.95. The van der Waals surface area contributed by atoms with Crippen molar-refractivity contribution in [1.29, 1.82) is 0 Å². The highest BCUT2D eigenvalue weighted by Gasteiger charge is 2.31. The molecular formula is C21H32N2O3. The lowest BCUT2D eigenvalue weighted by molar-refractivity contribution is 0.0446. The molecule has 2 fully saturated rings. The fourth-order valence-corrected chi connectivity index (χ4v) is 4.52. The van der Waals surface area contributed by atoms with Crippen LogP contribution in [-0.2, 0) is 0 Å². The Morgan fingerprint density at radius 1 is 1.15 bits per heavy atom. The molecule has 5 heteroatoms. The third-order valence-corrected chi connectivity index (χ3v) is 6.02. The van der Waals surface area contributed by atoms with E-state index in [4.69, 9.17) is 4.74 Å². The normalized spacial score (nSPS) is 22.5. The van der Waals surface area contributed by atoms with Crippen LogP contribution in [0.15, 0.2) is 12.1 Å². The maximum atomic E-state index is 13.1. The summed E-state index contributed by atoms with van der Waals surface area (Å²) in [6.45, 7) is 8.02. The molecule has 2 heterocycles. The lowest BCUT2D eigenvalue weighted by Crippen LogP contribution is -2.52. The zero-order valence-corrected chi connectivity index (χ0v) is 16.3. The molecule has 1 aromatic carbocycles. The van der Waals surface area contributed by atoms with Crippen LogP contribution in [0.5, 0.6) is 5.75 Å². The number of ether oxygens (including phenoxy) is 1. The lowest BCUT2D eigenvalue weighted by atomic mass is 9.94. The van der Waals surface area contributed by atoms with E-state index in [0.29, 0.717) is 18.6 Å². The minimum atomic E-state index is 0.133. The summed E-state index contributed by atoms with van der Waals surface area (Å²) in [5.74, 6) is 1.46. The van der Waals surface area contributed by atoms with Crippen molar-refractivity contribution in [2.45, 2.75) is 45.6 Å². The Labute approximate surface area is 156 Å². The molecule has 2 saturated heterocycles. The van der Waals surface area contributed by atoms with E-state index in [1.807, 2.05) is 30.9 Å². The number of aliphatic hydroxyl groups excluding tert-OH is 1. The van der Waals surface area contributed by atoms with Crippen molar-refractivity contribution in [2.24, 2.45) is 5.92 Å². The van der Waals surface area contributed by atoms with Crippen LogP contribution in [0.3, 0.4) is 0 Å². The average Bonchev–Trinajstić information content (AvgIpc) is 2.67. The number of hydrogen-bond donors (Lipinski definition) is 1. The molecule has 1 amide bonds. The number of methoxy groups -OCH3 is 1. The number of piperidine rings is 2. The summed E-state index contributed by atoms with van der Waals surface area (Å²) in [6.07, 6.45) is 4.36. The Kier molecular flexibility index (Phi) is 6.20. The molecule has 2 aliphatic heterocycles. The van der Waals surface area contributed by atoms with Gasteiger partial charge in [0.1, 0.15) is 5.75 Å². The molecule has 26 heavy (non-hydrogen) atoms. The number of hydrogen-bond acceptors (Lipinski definition) is 4. The molecule has 0 saturated carbocycles. The Balaban J connectivity index is 1.67. The van der Waals surface area contributed by atoms with Crippen LogP contribution >= 0.6 is 0 Å². The van der Waals surface area contributed by atoms with E-state index in [0.717, 1.165) is 74.3 Å². The zero-order valence-electron chi connectivity index (χ0n) is 16.3. The fraction of sp³-hybridized carbons (Fsp3) is 0.667. The maximum absolute atomic E-state index is 13.1. The van der Waals surface area contributed by atoms with E-state index in [-0.39, 0.29) is 5.91 Å². The molecule has 0 aliphatic carbocycles. The van der Waals surface area contributed by atoms with Crippen LogP contribution < -0.4 is 4.74 Å². The predicted molar refractivity (Wildman–Crippen MR) is 103 cm³/mol. The summed E-state index contributed by atoms with van der Waals surface area (Å²) in [7, 11) is 1.67. The number of amides is 1.